The number of rotatable bonds is 6. The average Bonchev–Trinajstić information content (AvgIpc) is 2.98. The van der Waals surface area contributed by atoms with Gasteiger partial charge >= 0.3 is 268 Å². The summed E-state index contributed by atoms with van der Waals surface area (Å²) in [4.78, 5) is 0. The molecule has 0 radical (unpaired) electrons. The topological polar surface area (TPSA) is 0 Å². The van der Waals surface area contributed by atoms with Crippen molar-refractivity contribution in [1.29, 1.82) is 0 Å². The van der Waals surface area contributed by atoms with Crippen molar-refractivity contribution >= 4 is 50.9 Å². The molecule has 9 aliphatic rings. The first-order chi connectivity index (χ1) is 21.1. The number of hydrogen-bond donors (Lipinski definition) is 0. The molecular formula is C40H46P2Sn. The van der Waals surface area contributed by atoms with Crippen molar-refractivity contribution in [2.75, 3.05) is 0 Å². The van der Waals surface area contributed by atoms with Crippen molar-refractivity contribution in [2.24, 2.45) is 46.3 Å². The van der Waals surface area contributed by atoms with Gasteiger partial charge in [-0.15, -0.1) is 0 Å². The minimum atomic E-state index is -3.64. The summed E-state index contributed by atoms with van der Waals surface area (Å²) in [6.45, 7) is 0. The van der Waals surface area contributed by atoms with Crippen LogP contribution in [0.5, 0.6) is 0 Å². The molecule has 3 aromatic rings. The van der Waals surface area contributed by atoms with E-state index >= 15 is 0 Å². The zero-order valence-corrected chi connectivity index (χ0v) is 30.3. The molecule has 12 rings (SSSR count). The summed E-state index contributed by atoms with van der Waals surface area (Å²) in [6, 6.07) is 36.9. The van der Waals surface area contributed by atoms with Gasteiger partial charge < -0.3 is 0 Å². The van der Waals surface area contributed by atoms with E-state index in [1.807, 2.05) is 8.20 Å². The van der Waals surface area contributed by atoms with Gasteiger partial charge in [0.15, 0.2) is 0 Å². The number of benzene rings is 3. The molecule has 0 nitrogen and oxygen atoms in total. The van der Waals surface area contributed by atoms with Gasteiger partial charge in [0, 0.05) is 0 Å². The first-order valence-corrected chi connectivity index (χ1v) is 25.3. The summed E-state index contributed by atoms with van der Waals surface area (Å²) in [7, 11) is 2.94. The first-order valence-electron chi connectivity index (χ1n) is 17.6. The second-order valence-corrected chi connectivity index (χ2v) is 34.2. The third-order valence-electron chi connectivity index (χ3n) is 14.1. The van der Waals surface area contributed by atoms with Gasteiger partial charge in [-0.1, -0.05) is 0 Å². The Kier molecular flexibility index (Phi) is 6.19. The van der Waals surface area contributed by atoms with E-state index in [9.17, 15) is 0 Å². The van der Waals surface area contributed by atoms with Gasteiger partial charge in [0.05, 0.1) is 0 Å². The molecule has 220 valence electrons. The zero-order valence-electron chi connectivity index (χ0n) is 25.6. The van der Waals surface area contributed by atoms with Gasteiger partial charge in [0.1, 0.15) is 0 Å². The third-order valence-corrected chi connectivity index (χ3v) is 40.3. The van der Waals surface area contributed by atoms with Crippen LogP contribution in [0.1, 0.15) is 77.0 Å². The van der Waals surface area contributed by atoms with Crippen LogP contribution in [0.4, 0.5) is 0 Å². The van der Waals surface area contributed by atoms with E-state index in [-0.39, 0.29) is 0 Å². The standard InChI is InChI=1S/C22H31P2.3C6H5.Sn/c1-13-2-15-3-14(1)8-21(7-13,9-15)19-23-20(24-19)22-10-16-4-17(11-22)6-18(5-16)12-22;3*1-2-4-6-5-3-1;/h13-18,23H,1-12H2;3*1-5H;. The quantitative estimate of drug-likeness (QED) is 0.178. The van der Waals surface area contributed by atoms with Gasteiger partial charge in [-0.25, -0.2) is 0 Å². The summed E-state index contributed by atoms with van der Waals surface area (Å²) in [5.41, 5.74) is 1.13. The van der Waals surface area contributed by atoms with Crippen molar-refractivity contribution < 1.29 is 0 Å². The zero-order chi connectivity index (χ0) is 28.3. The molecule has 8 fully saturated rings. The fourth-order valence-electron chi connectivity index (χ4n) is 13.6. The summed E-state index contributed by atoms with van der Waals surface area (Å²) < 4.78 is 5.72. The van der Waals surface area contributed by atoms with Crippen molar-refractivity contribution in [1.82, 2.24) is 0 Å². The minimum absolute atomic E-state index is 0.445. The van der Waals surface area contributed by atoms with Crippen LogP contribution < -0.4 is 10.7 Å². The molecular weight excluding hydrogens is 661 g/mol. The van der Waals surface area contributed by atoms with Crippen LogP contribution in [0.15, 0.2) is 91.0 Å². The van der Waals surface area contributed by atoms with Gasteiger partial charge in [0.2, 0.25) is 0 Å². The maximum atomic E-state index is 2.61. The average molecular weight is 707 g/mol. The van der Waals surface area contributed by atoms with Crippen LogP contribution in [0, 0.1) is 46.3 Å². The van der Waals surface area contributed by atoms with E-state index in [1.165, 1.54) is 0 Å². The van der Waals surface area contributed by atoms with E-state index < -0.39 is 18.4 Å². The second kappa shape index (κ2) is 9.78. The van der Waals surface area contributed by atoms with Gasteiger partial charge in [-0.2, -0.15) is 0 Å². The molecule has 3 heteroatoms. The molecule has 2 unspecified atom stereocenters. The monoisotopic (exact) mass is 708 g/mol. The molecule has 1 aliphatic heterocycles. The van der Waals surface area contributed by atoms with E-state index in [2.05, 4.69) is 96.0 Å². The Labute approximate surface area is 266 Å². The van der Waals surface area contributed by atoms with Crippen LogP contribution in [-0.4, -0.2) is 26.3 Å². The van der Waals surface area contributed by atoms with E-state index in [0.717, 1.165) is 44.1 Å². The van der Waals surface area contributed by atoms with E-state index in [4.69, 9.17) is 0 Å². The summed E-state index contributed by atoms with van der Waals surface area (Å²) in [6.07, 6.45) is 18.6. The Hall–Kier alpha value is -0.941. The molecule has 43 heavy (non-hydrogen) atoms. The summed E-state index contributed by atoms with van der Waals surface area (Å²) in [5, 5.41) is 2.09. The van der Waals surface area contributed by atoms with Gasteiger partial charge in [0.25, 0.3) is 0 Å². The summed E-state index contributed by atoms with van der Waals surface area (Å²) in [5.74, 6) is 6.12. The van der Waals surface area contributed by atoms with Crippen molar-refractivity contribution in [3.8, 4) is 0 Å². The molecule has 0 saturated heterocycles. The predicted octanol–water partition coefficient (Wildman–Crippen LogP) is 8.59. The molecule has 3 aromatic carbocycles. The van der Waals surface area contributed by atoms with Gasteiger partial charge in [-0.3, -0.25) is 0 Å². The van der Waals surface area contributed by atoms with Crippen LogP contribution in [-0.2, 0) is 0 Å². The molecule has 0 N–H and O–H groups in total. The fourth-order valence-corrected chi connectivity index (χ4v) is 46.0. The summed E-state index contributed by atoms with van der Waals surface area (Å²) >= 11 is -3.64. The predicted molar refractivity (Wildman–Crippen MR) is 188 cm³/mol. The maximum absolute atomic E-state index is 3.64. The number of hydrogen-bond acceptors (Lipinski definition) is 0. The second-order valence-electron chi connectivity index (χ2n) is 16.5. The molecule has 0 aromatic heterocycles. The fraction of sp³-hybridized carbons (Fsp3) is 0.525. The molecule has 2 atom stereocenters. The Morgan fingerprint density at radius 3 is 1.16 bits per heavy atom. The molecule has 8 aliphatic carbocycles. The van der Waals surface area contributed by atoms with Crippen molar-refractivity contribution in [2.45, 2.75) is 80.0 Å². The van der Waals surface area contributed by atoms with Crippen LogP contribution >= 0.6 is 16.8 Å². The van der Waals surface area contributed by atoms with E-state index in [1.54, 1.807) is 87.8 Å². The van der Waals surface area contributed by atoms with Crippen molar-refractivity contribution in [3.63, 3.8) is 0 Å². The van der Waals surface area contributed by atoms with Gasteiger partial charge in [-0.05, 0) is 0 Å². The molecule has 8 bridgehead atoms. The van der Waals surface area contributed by atoms with Crippen LogP contribution in [0.25, 0.3) is 0 Å². The van der Waals surface area contributed by atoms with Crippen molar-refractivity contribution in [3.05, 3.63) is 91.0 Å². The molecule has 0 spiro atoms. The Morgan fingerprint density at radius 1 is 0.488 bits per heavy atom. The van der Waals surface area contributed by atoms with Crippen LogP contribution in [0.3, 0.4) is 0 Å². The molecule has 0 amide bonds. The van der Waals surface area contributed by atoms with Crippen LogP contribution in [0.2, 0.25) is 0 Å². The van der Waals surface area contributed by atoms with E-state index in [0.29, 0.717) is 13.7 Å². The first kappa shape index (κ1) is 27.2. The SMILES string of the molecule is c1cc[c]([Sn]([c]2ccccc2)([c]2ccccc2)[C]2(C34CC5CC(CC(C5)C3)C4)P=C(C34CC5CC(CC(C5)C3)C4)P2)cc1. The Bertz CT molecular complexity index is 1390. The third kappa shape index (κ3) is 3.76. The Balaban J connectivity index is 1.26. The normalized spacial score (nSPS) is 43.0. The molecule has 8 saturated carbocycles. The Morgan fingerprint density at radius 2 is 0.814 bits per heavy atom. The molecule has 1 heterocycles.